The van der Waals surface area contributed by atoms with E-state index in [2.05, 4.69) is 53.2 Å². The van der Waals surface area contributed by atoms with E-state index in [1.807, 2.05) is 12.1 Å². The van der Waals surface area contributed by atoms with Crippen molar-refractivity contribution in [2.75, 3.05) is 13.1 Å². The largest absolute Gasteiger partial charge is 0.476 e. The van der Waals surface area contributed by atoms with Gasteiger partial charge in [-0.15, -0.1) is 0 Å². The molecule has 0 spiro atoms. The molecule has 0 radical (unpaired) electrons. The van der Waals surface area contributed by atoms with Crippen molar-refractivity contribution in [3.8, 4) is 23.5 Å². The Morgan fingerprint density at radius 1 is 1.33 bits per heavy atom. The van der Waals surface area contributed by atoms with Gasteiger partial charge in [0.2, 0.25) is 5.69 Å². The number of nitrogens with zero attached hydrogens (tertiary/aromatic N) is 3. The lowest BCUT2D eigenvalue weighted by molar-refractivity contribution is 0.0687. The van der Waals surface area contributed by atoms with Crippen LogP contribution in [0.2, 0.25) is 0 Å². The Morgan fingerprint density at radius 3 is 2.71 bits per heavy atom. The number of rotatable bonds is 3. The first-order valence-corrected chi connectivity index (χ1v) is 8.43. The molecule has 1 aliphatic rings. The van der Waals surface area contributed by atoms with Crippen LogP contribution in [0, 0.1) is 17.8 Å². The summed E-state index contributed by atoms with van der Waals surface area (Å²) in [7, 11) is 0. The van der Waals surface area contributed by atoms with Gasteiger partial charge in [0.05, 0.1) is 0 Å². The number of H-pyrrole nitrogens is 1. The third kappa shape index (κ3) is 4.24. The molecule has 0 unspecified atom stereocenters. The highest BCUT2D eigenvalue weighted by Crippen LogP contribution is 2.22. The van der Waals surface area contributed by atoms with E-state index < -0.39 is 5.97 Å². The average molecular weight is 438 g/mol. The van der Waals surface area contributed by atoms with E-state index in [9.17, 15) is 4.79 Å². The van der Waals surface area contributed by atoms with Crippen LogP contribution in [0.25, 0.3) is 0 Å². The predicted molar refractivity (Wildman–Crippen MR) is 95.1 cm³/mol. The summed E-state index contributed by atoms with van der Waals surface area (Å²) in [5.41, 5.74) is 0.721. The van der Waals surface area contributed by atoms with Crippen molar-refractivity contribution in [1.82, 2.24) is 18.5 Å². The summed E-state index contributed by atoms with van der Waals surface area (Å²) >= 11 is 2.35. The van der Waals surface area contributed by atoms with E-state index in [0.29, 0.717) is 11.7 Å². The maximum absolute atomic E-state index is 11.0. The molecule has 0 aliphatic carbocycles. The Hall–Kier alpha value is -2.12. The minimum absolute atomic E-state index is 0.0631. The number of nitrogens with one attached hydrogen (secondary N) is 1. The van der Waals surface area contributed by atoms with Gasteiger partial charge < -0.3 is 9.84 Å². The van der Waals surface area contributed by atoms with Gasteiger partial charge in [-0.3, -0.25) is 0 Å². The fourth-order valence-electron chi connectivity index (χ4n) is 2.32. The van der Waals surface area contributed by atoms with Crippen LogP contribution >= 0.6 is 22.9 Å². The van der Waals surface area contributed by atoms with E-state index in [-0.39, 0.29) is 11.6 Å². The van der Waals surface area contributed by atoms with Crippen LogP contribution in [0.5, 0.6) is 11.6 Å². The highest BCUT2D eigenvalue weighted by Gasteiger charge is 2.16. The molecule has 8 heteroatoms. The van der Waals surface area contributed by atoms with Gasteiger partial charge in [-0.05, 0) is 37.1 Å². The number of aromatic nitrogens is 3. The first-order chi connectivity index (χ1) is 11.6. The topological polar surface area (TPSA) is 91.3 Å². The number of aromatic amines is 1. The lowest BCUT2D eigenvalue weighted by Crippen LogP contribution is -2.24. The Bertz CT molecular complexity index is 771. The number of benzene rings is 1. The van der Waals surface area contributed by atoms with Crippen LogP contribution in [0.15, 0.2) is 24.3 Å². The first-order valence-electron chi connectivity index (χ1n) is 7.46. The maximum atomic E-state index is 11.0. The number of ether oxygens (including phenoxy) is 1. The number of piperidine rings is 1. The normalized spacial score (nSPS) is 15.5. The van der Waals surface area contributed by atoms with Crippen molar-refractivity contribution >= 4 is 28.8 Å². The summed E-state index contributed by atoms with van der Waals surface area (Å²) in [6, 6.07) is 7.15. The first kappa shape index (κ1) is 16.7. The Kier molecular flexibility index (Phi) is 5.32. The summed E-state index contributed by atoms with van der Waals surface area (Å²) in [6.07, 6.45) is 2.20. The fourth-order valence-corrected chi connectivity index (χ4v) is 2.88. The lowest BCUT2D eigenvalue weighted by atomic mass is 9.98. The number of halogens is 1. The van der Waals surface area contributed by atoms with Crippen LogP contribution in [-0.2, 0) is 0 Å². The molecule has 0 saturated carbocycles. The van der Waals surface area contributed by atoms with Gasteiger partial charge >= 0.3 is 5.97 Å². The van der Waals surface area contributed by atoms with Gasteiger partial charge in [0.15, 0.2) is 0 Å². The third-order valence-electron chi connectivity index (χ3n) is 3.66. The minimum atomic E-state index is -1.17. The van der Waals surface area contributed by atoms with Crippen molar-refractivity contribution < 1.29 is 14.6 Å². The number of carbonyl (C=O) groups is 1. The molecule has 1 saturated heterocycles. The molecule has 3 rings (SSSR count). The number of aromatic carboxylic acids is 1. The fraction of sp³-hybridized carbons (Fsp3) is 0.312. The molecule has 0 atom stereocenters. The van der Waals surface area contributed by atoms with E-state index in [4.69, 9.17) is 9.84 Å². The summed E-state index contributed by atoms with van der Waals surface area (Å²) in [6.45, 7) is 2.16. The monoisotopic (exact) mass is 438 g/mol. The molecule has 24 heavy (non-hydrogen) atoms. The third-order valence-corrected chi connectivity index (χ3v) is 4.63. The van der Waals surface area contributed by atoms with Crippen molar-refractivity contribution in [2.45, 2.75) is 12.8 Å². The Balaban J connectivity index is 1.63. The molecule has 0 bridgehead atoms. The summed E-state index contributed by atoms with van der Waals surface area (Å²) in [5.74, 6) is 6.20. The van der Waals surface area contributed by atoms with Gasteiger partial charge in [-0.2, -0.15) is 0 Å². The molecule has 7 nitrogen and oxygen atoms in total. The minimum Gasteiger partial charge on any atom is -0.476 e. The molecule has 1 aromatic heterocycles. The van der Waals surface area contributed by atoms with Crippen LogP contribution in [0.4, 0.5) is 0 Å². The van der Waals surface area contributed by atoms with E-state index in [1.165, 1.54) is 0 Å². The Labute approximate surface area is 152 Å². The quantitative estimate of drug-likeness (QED) is 0.435. The molecule has 1 aromatic carbocycles. The number of carboxylic acid groups (broad SMARTS) is 1. The second-order valence-electron chi connectivity index (χ2n) is 5.38. The zero-order chi connectivity index (χ0) is 16.9. The number of hydrogen-bond acceptors (Lipinski definition) is 5. The predicted octanol–water partition coefficient (Wildman–Crippen LogP) is 2.71. The summed E-state index contributed by atoms with van der Waals surface area (Å²) in [5, 5.41) is 18.3. The maximum Gasteiger partial charge on any atom is 0.359 e. The van der Waals surface area contributed by atoms with E-state index in [0.717, 1.165) is 31.5 Å². The molecule has 124 valence electrons. The standard InChI is InChI=1S/C16H15IN4O3/c17-21-9-7-12(8-10-21)2-1-11-3-5-13(6-4-11)24-15-14(16(22)23)18-20-19-15/h3-6,12H,7-10H2,(H,22,23)(H,18,19,20). The second kappa shape index (κ2) is 7.63. The summed E-state index contributed by atoms with van der Waals surface area (Å²) < 4.78 is 7.72. The SMILES string of the molecule is O=C(O)c1[nH]nnc1Oc1ccc(C#CC2CCN(I)CC2)cc1. The van der Waals surface area contributed by atoms with Crippen LogP contribution in [0.3, 0.4) is 0 Å². The molecule has 1 fully saturated rings. The molecular formula is C16H15IN4O3. The van der Waals surface area contributed by atoms with E-state index in [1.54, 1.807) is 12.1 Å². The zero-order valence-electron chi connectivity index (χ0n) is 12.7. The van der Waals surface area contributed by atoms with Crippen molar-refractivity contribution in [1.29, 1.82) is 0 Å². The van der Waals surface area contributed by atoms with Crippen molar-refractivity contribution in [3.63, 3.8) is 0 Å². The molecule has 2 N–H and O–H groups in total. The van der Waals surface area contributed by atoms with Gasteiger partial charge in [0.1, 0.15) is 5.75 Å². The van der Waals surface area contributed by atoms with Crippen molar-refractivity contribution in [2.24, 2.45) is 5.92 Å². The summed E-state index contributed by atoms with van der Waals surface area (Å²) in [4.78, 5) is 11.0. The lowest BCUT2D eigenvalue weighted by Gasteiger charge is -2.23. The molecular weight excluding hydrogens is 423 g/mol. The highest BCUT2D eigenvalue weighted by atomic mass is 127. The number of carboxylic acids is 1. The molecule has 1 aliphatic heterocycles. The zero-order valence-corrected chi connectivity index (χ0v) is 14.9. The second-order valence-corrected chi connectivity index (χ2v) is 6.74. The van der Waals surface area contributed by atoms with Gasteiger partial charge in [-0.25, -0.2) is 13.0 Å². The van der Waals surface area contributed by atoms with Crippen LogP contribution < -0.4 is 4.74 Å². The van der Waals surface area contributed by atoms with Crippen molar-refractivity contribution in [3.05, 3.63) is 35.5 Å². The van der Waals surface area contributed by atoms with Gasteiger partial charge in [-0.1, -0.05) is 22.2 Å². The van der Waals surface area contributed by atoms with E-state index >= 15 is 0 Å². The molecule has 2 heterocycles. The van der Waals surface area contributed by atoms with Gasteiger partial charge in [0.25, 0.3) is 5.88 Å². The molecule has 0 amide bonds. The highest BCUT2D eigenvalue weighted by molar-refractivity contribution is 14.1. The Morgan fingerprint density at radius 2 is 2.04 bits per heavy atom. The smallest absolute Gasteiger partial charge is 0.359 e. The van der Waals surface area contributed by atoms with Crippen LogP contribution in [-0.4, -0.2) is 42.7 Å². The average Bonchev–Trinajstić information content (AvgIpc) is 3.04. The number of hydrogen-bond donors (Lipinski definition) is 2. The van der Waals surface area contributed by atoms with Gasteiger partial charge in [0, 0.05) is 47.4 Å². The molecule has 2 aromatic rings. The van der Waals surface area contributed by atoms with Crippen LogP contribution in [0.1, 0.15) is 28.9 Å².